The second-order valence-electron chi connectivity index (χ2n) is 7.44. The predicted molar refractivity (Wildman–Crippen MR) is 111 cm³/mol. The highest BCUT2D eigenvalue weighted by molar-refractivity contribution is 9.10. The van der Waals surface area contributed by atoms with E-state index < -0.39 is 0 Å². The number of benzene rings is 1. The van der Waals surface area contributed by atoms with Gasteiger partial charge in [0.1, 0.15) is 6.29 Å². The topological polar surface area (TPSA) is 46.6 Å². The van der Waals surface area contributed by atoms with Crippen LogP contribution in [0.2, 0.25) is 0 Å². The van der Waals surface area contributed by atoms with Crippen molar-refractivity contribution in [2.75, 3.05) is 20.2 Å². The summed E-state index contributed by atoms with van der Waals surface area (Å²) in [6.07, 6.45) is 5.68. The van der Waals surface area contributed by atoms with Crippen molar-refractivity contribution < 1.29 is 14.3 Å². The third-order valence-electron chi connectivity index (χ3n) is 4.07. The summed E-state index contributed by atoms with van der Waals surface area (Å²) in [7, 11) is 1.71. The van der Waals surface area contributed by atoms with Crippen LogP contribution in [0.25, 0.3) is 0 Å². The van der Waals surface area contributed by atoms with Crippen molar-refractivity contribution in [3.8, 4) is 0 Å². The van der Waals surface area contributed by atoms with Crippen LogP contribution in [0.3, 0.4) is 0 Å². The van der Waals surface area contributed by atoms with Crippen LogP contribution >= 0.6 is 15.9 Å². The Bertz CT molecular complexity index is 506. The first-order chi connectivity index (χ1) is 12.2. The molecule has 26 heavy (non-hydrogen) atoms. The molecule has 1 heterocycles. The Morgan fingerprint density at radius 2 is 1.73 bits per heavy atom. The van der Waals surface area contributed by atoms with Crippen molar-refractivity contribution in [1.29, 1.82) is 0 Å². The van der Waals surface area contributed by atoms with Crippen LogP contribution in [-0.2, 0) is 20.7 Å². The molecular formula is C21H34BrNO3. The number of methoxy groups -OCH3 is 1. The molecule has 0 aliphatic carbocycles. The number of ether oxygens (including phenoxy) is 1. The third-order valence-corrected chi connectivity index (χ3v) is 4.84. The number of carbonyl (C=O) groups excluding carboxylic acids is 2. The average molecular weight is 428 g/mol. The fourth-order valence-corrected chi connectivity index (χ4v) is 2.53. The van der Waals surface area contributed by atoms with E-state index in [2.05, 4.69) is 22.9 Å². The zero-order valence-electron chi connectivity index (χ0n) is 16.8. The number of hydrogen-bond acceptors (Lipinski definition) is 3. The van der Waals surface area contributed by atoms with Crippen LogP contribution in [0.5, 0.6) is 0 Å². The molecule has 1 saturated heterocycles. The number of carbonyl (C=O) groups is 2. The van der Waals surface area contributed by atoms with Gasteiger partial charge in [-0.15, -0.1) is 0 Å². The lowest BCUT2D eigenvalue weighted by Gasteiger charge is -2.26. The van der Waals surface area contributed by atoms with E-state index in [-0.39, 0.29) is 5.60 Å². The molecule has 1 aliphatic rings. The maximum absolute atomic E-state index is 10.2. The predicted octanol–water partition coefficient (Wildman–Crippen LogP) is 4.89. The normalized spacial score (nSPS) is 14.5. The van der Waals surface area contributed by atoms with E-state index in [4.69, 9.17) is 4.74 Å². The van der Waals surface area contributed by atoms with Crippen LogP contribution in [0.4, 0.5) is 0 Å². The number of likely N-dealkylation sites (tertiary alicyclic amines) is 1. The molecule has 148 valence electrons. The zero-order chi connectivity index (χ0) is 20.0. The van der Waals surface area contributed by atoms with Gasteiger partial charge in [0.05, 0.1) is 5.60 Å². The Hall–Kier alpha value is -1.20. The minimum Gasteiger partial charge on any atom is -0.379 e. The molecule has 1 fully saturated rings. The maximum atomic E-state index is 10.2. The summed E-state index contributed by atoms with van der Waals surface area (Å²) < 4.78 is 6.02. The van der Waals surface area contributed by atoms with E-state index in [1.165, 1.54) is 18.4 Å². The van der Waals surface area contributed by atoms with E-state index >= 15 is 0 Å². The van der Waals surface area contributed by atoms with Crippen molar-refractivity contribution in [3.05, 3.63) is 34.3 Å². The van der Waals surface area contributed by atoms with E-state index in [1.54, 1.807) is 7.11 Å². The number of hydrogen-bond donors (Lipinski definition) is 0. The van der Waals surface area contributed by atoms with Gasteiger partial charge >= 0.3 is 0 Å². The first-order valence-electron chi connectivity index (χ1n) is 9.15. The lowest BCUT2D eigenvalue weighted by Crippen LogP contribution is -2.31. The molecule has 2 rings (SSSR count). The van der Waals surface area contributed by atoms with E-state index in [9.17, 15) is 9.59 Å². The Morgan fingerprint density at radius 3 is 2.15 bits per heavy atom. The molecule has 1 aromatic carbocycles. The number of piperidine rings is 1. The molecule has 1 aliphatic heterocycles. The monoisotopic (exact) mass is 427 g/mol. The molecule has 0 spiro atoms. The second kappa shape index (κ2) is 13.9. The third kappa shape index (κ3) is 13.1. The minimum absolute atomic E-state index is 0.0417. The van der Waals surface area contributed by atoms with Gasteiger partial charge in [-0.25, -0.2) is 0 Å². The maximum Gasteiger partial charge on any atom is 0.209 e. The first kappa shape index (κ1) is 24.8. The number of halogens is 1. The van der Waals surface area contributed by atoms with Gasteiger partial charge in [-0.3, -0.25) is 4.79 Å². The SMILES string of the molecule is CC1CCN(C=O)CC1.COC(C)(C)C.O=CCCc1ccccc1Br. The number of aryl methyl sites for hydroxylation is 1. The molecule has 0 unspecified atom stereocenters. The molecular weight excluding hydrogens is 394 g/mol. The Labute approximate surface area is 167 Å². The number of amides is 1. The quantitative estimate of drug-likeness (QED) is 0.642. The summed E-state index contributed by atoms with van der Waals surface area (Å²) in [4.78, 5) is 22.1. The van der Waals surface area contributed by atoms with E-state index in [0.29, 0.717) is 6.42 Å². The number of aldehydes is 1. The Kier molecular flexibility index (Phi) is 13.3. The summed E-state index contributed by atoms with van der Waals surface area (Å²) >= 11 is 3.41. The first-order valence-corrected chi connectivity index (χ1v) is 9.94. The van der Waals surface area contributed by atoms with E-state index in [1.807, 2.05) is 49.9 Å². The summed E-state index contributed by atoms with van der Waals surface area (Å²) in [5.41, 5.74) is 1.24. The molecule has 0 aromatic heterocycles. The Morgan fingerprint density at radius 1 is 1.19 bits per heavy atom. The standard InChI is InChI=1S/C9H9BrO.C7H13NO.C5H12O/c10-9-6-2-1-4-8(9)5-3-7-11;1-7-2-4-8(6-9)5-3-7;1-5(2,3)6-4/h1-2,4,6-7H,3,5H2;6-7H,2-5H2,1H3;1-4H3. The number of rotatable bonds is 4. The van der Waals surface area contributed by atoms with Gasteiger partial charge < -0.3 is 14.4 Å². The molecule has 0 bridgehead atoms. The molecule has 5 heteroatoms. The Balaban J connectivity index is 0.000000378. The van der Waals surface area contributed by atoms with Crippen LogP contribution in [-0.4, -0.2) is 43.4 Å². The molecule has 1 amide bonds. The molecule has 0 saturated carbocycles. The fraction of sp³-hybridized carbons (Fsp3) is 0.619. The van der Waals surface area contributed by atoms with Crippen molar-refractivity contribution in [1.82, 2.24) is 4.90 Å². The van der Waals surface area contributed by atoms with Crippen molar-refractivity contribution in [3.63, 3.8) is 0 Å². The molecule has 0 N–H and O–H groups in total. The van der Waals surface area contributed by atoms with Gasteiger partial charge in [0.15, 0.2) is 0 Å². The largest absolute Gasteiger partial charge is 0.379 e. The fourth-order valence-electron chi connectivity index (χ4n) is 2.05. The van der Waals surface area contributed by atoms with E-state index in [0.717, 1.165) is 42.6 Å². The highest BCUT2D eigenvalue weighted by Crippen LogP contribution is 2.16. The summed E-state index contributed by atoms with van der Waals surface area (Å²) in [6.45, 7) is 10.2. The van der Waals surface area contributed by atoms with Gasteiger partial charge in [-0.05, 0) is 57.6 Å². The molecule has 4 nitrogen and oxygen atoms in total. The zero-order valence-corrected chi connectivity index (χ0v) is 18.4. The molecule has 0 atom stereocenters. The lowest BCUT2D eigenvalue weighted by molar-refractivity contribution is -0.119. The molecule has 1 aromatic rings. The summed E-state index contributed by atoms with van der Waals surface area (Å²) in [5.74, 6) is 0.821. The van der Waals surface area contributed by atoms with Crippen LogP contribution in [0, 0.1) is 5.92 Å². The van der Waals surface area contributed by atoms with Crippen LogP contribution in [0.1, 0.15) is 52.5 Å². The average Bonchev–Trinajstić information content (AvgIpc) is 2.62. The number of nitrogens with zero attached hydrogens (tertiary/aromatic N) is 1. The van der Waals surface area contributed by atoms with Crippen molar-refractivity contribution in [2.45, 2.75) is 59.0 Å². The van der Waals surface area contributed by atoms with Gasteiger partial charge in [-0.1, -0.05) is 41.1 Å². The molecule has 0 radical (unpaired) electrons. The van der Waals surface area contributed by atoms with Gasteiger partial charge in [0.25, 0.3) is 0 Å². The highest BCUT2D eigenvalue weighted by Gasteiger charge is 2.12. The van der Waals surface area contributed by atoms with Gasteiger partial charge in [-0.2, -0.15) is 0 Å². The highest BCUT2D eigenvalue weighted by atomic mass is 79.9. The summed E-state index contributed by atoms with van der Waals surface area (Å²) in [6, 6.07) is 7.95. The second-order valence-corrected chi connectivity index (χ2v) is 8.29. The van der Waals surface area contributed by atoms with Gasteiger partial charge in [0.2, 0.25) is 6.41 Å². The minimum atomic E-state index is 0.0417. The van der Waals surface area contributed by atoms with Crippen molar-refractivity contribution in [2.24, 2.45) is 5.92 Å². The van der Waals surface area contributed by atoms with Crippen LogP contribution in [0.15, 0.2) is 28.7 Å². The van der Waals surface area contributed by atoms with Crippen molar-refractivity contribution >= 4 is 28.6 Å². The van der Waals surface area contributed by atoms with Crippen LogP contribution < -0.4 is 0 Å². The summed E-state index contributed by atoms with van der Waals surface area (Å²) in [5, 5.41) is 0. The van der Waals surface area contributed by atoms with Gasteiger partial charge in [0, 0.05) is 31.1 Å². The lowest BCUT2D eigenvalue weighted by atomic mass is 10.00. The smallest absolute Gasteiger partial charge is 0.209 e.